The Hall–Kier alpha value is -2.38. The first-order valence-corrected chi connectivity index (χ1v) is 12.2. The smallest absolute Gasteiger partial charge is 0.265 e. The Morgan fingerprint density at radius 1 is 1.03 bits per heavy atom. The van der Waals surface area contributed by atoms with Gasteiger partial charge in [-0.3, -0.25) is 9.69 Å². The summed E-state index contributed by atoms with van der Waals surface area (Å²) in [6.45, 7) is 5.55. The number of rotatable bonds is 6. The van der Waals surface area contributed by atoms with Crippen LogP contribution in [0.1, 0.15) is 48.6 Å². The maximum Gasteiger partial charge on any atom is 0.265 e. The third-order valence-electron chi connectivity index (χ3n) is 7.12. The number of nitrogens with zero attached hydrogens (tertiary/aromatic N) is 4. The lowest BCUT2D eigenvalue weighted by Gasteiger charge is -2.36. The van der Waals surface area contributed by atoms with Crippen LogP contribution in [0.25, 0.3) is 10.1 Å². The Labute approximate surface area is 187 Å². The van der Waals surface area contributed by atoms with Crippen LogP contribution < -0.4 is 10.6 Å². The first-order valence-electron chi connectivity index (χ1n) is 11.5. The topological polar surface area (TPSA) is 67.4 Å². The van der Waals surface area contributed by atoms with E-state index in [9.17, 15) is 4.79 Å². The summed E-state index contributed by atoms with van der Waals surface area (Å²) >= 11 is 1.61. The highest BCUT2D eigenvalue weighted by Crippen LogP contribution is 2.35. The summed E-state index contributed by atoms with van der Waals surface area (Å²) in [6.07, 6.45) is 8.06. The Balaban J connectivity index is 1.08. The van der Waals surface area contributed by atoms with Crippen LogP contribution in [0.15, 0.2) is 42.6 Å². The lowest BCUT2D eigenvalue weighted by atomic mass is 9.84. The molecule has 0 bridgehead atoms. The average molecular weight is 438 g/mol. The maximum atomic E-state index is 11.6. The van der Waals surface area contributed by atoms with Gasteiger partial charge in [-0.05, 0) is 80.4 Å². The molecule has 0 unspecified atom stereocenters. The molecular weight excluding hydrogens is 406 g/mol. The zero-order chi connectivity index (χ0) is 21.2. The molecule has 2 N–H and O–H groups in total. The molecule has 0 radical (unpaired) electrons. The average Bonchev–Trinajstić information content (AvgIpc) is 3.46. The molecule has 164 valence electrons. The van der Waals surface area contributed by atoms with E-state index in [-0.39, 0.29) is 5.91 Å². The highest BCUT2D eigenvalue weighted by molar-refractivity contribution is 7.13. The summed E-state index contributed by atoms with van der Waals surface area (Å²) in [5.74, 6) is 1.64. The summed E-state index contributed by atoms with van der Waals surface area (Å²) < 4.78 is 8.10. The first kappa shape index (κ1) is 20.5. The van der Waals surface area contributed by atoms with E-state index in [1.54, 1.807) is 11.5 Å². The molecule has 5 rings (SSSR count). The molecule has 31 heavy (non-hydrogen) atoms. The van der Waals surface area contributed by atoms with Crippen molar-refractivity contribution in [2.45, 2.75) is 38.1 Å². The number of benzene rings is 1. The number of aromatic nitrogens is 2. The van der Waals surface area contributed by atoms with E-state index in [1.165, 1.54) is 41.7 Å². The van der Waals surface area contributed by atoms with Crippen LogP contribution in [-0.4, -0.2) is 52.5 Å². The molecule has 1 amide bonds. The Morgan fingerprint density at radius 2 is 1.81 bits per heavy atom. The number of nitrogens with two attached hydrogens (primary N) is 1. The minimum atomic E-state index is -0.322. The summed E-state index contributed by atoms with van der Waals surface area (Å²) in [7, 11) is 0. The molecule has 1 aliphatic heterocycles. The molecule has 3 heterocycles. The van der Waals surface area contributed by atoms with Gasteiger partial charge in [-0.15, -0.1) is 0 Å². The number of hydrogen-bond acceptors (Lipinski definition) is 5. The van der Waals surface area contributed by atoms with E-state index in [0.717, 1.165) is 44.9 Å². The van der Waals surface area contributed by atoms with Crippen molar-refractivity contribution in [3.05, 3.63) is 48.3 Å². The van der Waals surface area contributed by atoms with Crippen molar-refractivity contribution in [3.63, 3.8) is 0 Å². The predicted molar refractivity (Wildman–Crippen MR) is 127 cm³/mol. The first-order chi connectivity index (χ1) is 15.2. The number of piperazine rings is 1. The fourth-order valence-corrected chi connectivity index (χ4v) is 6.08. The maximum absolute atomic E-state index is 11.6. The van der Waals surface area contributed by atoms with Crippen molar-refractivity contribution in [1.29, 1.82) is 0 Å². The Morgan fingerprint density at radius 3 is 2.58 bits per heavy atom. The number of amides is 1. The number of carbonyl (C=O) groups excluding carboxylic acids is 1. The number of carbonyl (C=O) groups is 1. The molecule has 1 saturated carbocycles. The zero-order valence-corrected chi connectivity index (χ0v) is 18.8. The van der Waals surface area contributed by atoms with Crippen molar-refractivity contribution in [2.75, 3.05) is 37.6 Å². The SMILES string of the molecule is NC(=O)c1cccn1C1CCC(CCN2CCN(c3nsc4ccccc34)CC2)CC1. The van der Waals surface area contributed by atoms with Crippen molar-refractivity contribution < 1.29 is 4.79 Å². The molecule has 0 spiro atoms. The van der Waals surface area contributed by atoms with E-state index >= 15 is 0 Å². The minimum absolute atomic E-state index is 0.322. The van der Waals surface area contributed by atoms with E-state index in [4.69, 9.17) is 10.1 Å². The molecule has 2 aromatic heterocycles. The Bertz CT molecular complexity index is 1030. The molecule has 0 atom stereocenters. The van der Waals surface area contributed by atoms with Crippen LogP contribution in [0.3, 0.4) is 0 Å². The Kier molecular flexibility index (Phi) is 5.96. The third kappa shape index (κ3) is 4.34. The van der Waals surface area contributed by atoms with Gasteiger partial charge in [-0.1, -0.05) is 12.1 Å². The van der Waals surface area contributed by atoms with E-state index < -0.39 is 0 Å². The number of anilines is 1. The number of primary amides is 1. The molecule has 2 fully saturated rings. The van der Waals surface area contributed by atoms with Crippen LogP contribution in [-0.2, 0) is 0 Å². The van der Waals surface area contributed by atoms with Gasteiger partial charge in [0.15, 0.2) is 0 Å². The molecule has 3 aromatic rings. The summed E-state index contributed by atoms with van der Waals surface area (Å²) in [5.41, 5.74) is 6.17. The monoisotopic (exact) mass is 437 g/mol. The number of hydrogen-bond donors (Lipinski definition) is 1. The zero-order valence-electron chi connectivity index (χ0n) is 17.9. The molecule has 7 heteroatoms. The molecule has 6 nitrogen and oxygen atoms in total. The van der Waals surface area contributed by atoms with Gasteiger partial charge in [0.1, 0.15) is 11.5 Å². The lowest BCUT2D eigenvalue weighted by Crippen LogP contribution is -2.47. The highest BCUT2D eigenvalue weighted by atomic mass is 32.1. The van der Waals surface area contributed by atoms with Crippen LogP contribution >= 0.6 is 11.5 Å². The van der Waals surface area contributed by atoms with Gasteiger partial charge in [0.05, 0.1) is 4.70 Å². The third-order valence-corrected chi connectivity index (χ3v) is 7.94. The van der Waals surface area contributed by atoms with Crippen LogP contribution in [0, 0.1) is 5.92 Å². The van der Waals surface area contributed by atoms with E-state index in [0.29, 0.717) is 11.7 Å². The van der Waals surface area contributed by atoms with Crippen molar-refractivity contribution in [1.82, 2.24) is 13.8 Å². The van der Waals surface area contributed by atoms with Crippen molar-refractivity contribution in [3.8, 4) is 0 Å². The quantitative estimate of drug-likeness (QED) is 0.629. The van der Waals surface area contributed by atoms with Gasteiger partial charge in [0.25, 0.3) is 5.91 Å². The lowest BCUT2D eigenvalue weighted by molar-refractivity contribution is 0.0986. The summed E-state index contributed by atoms with van der Waals surface area (Å²) in [5, 5.41) is 1.29. The van der Waals surface area contributed by atoms with Crippen LogP contribution in [0.5, 0.6) is 0 Å². The second-order valence-corrected chi connectivity index (χ2v) is 9.76. The van der Waals surface area contributed by atoms with Crippen LogP contribution in [0.2, 0.25) is 0 Å². The molecule has 1 aromatic carbocycles. The van der Waals surface area contributed by atoms with Gasteiger partial charge < -0.3 is 15.2 Å². The second-order valence-electron chi connectivity index (χ2n) is 8.96. The summed E-state index contributed by atoms with van der Waals surface area (Å²) in [4.78, 5) is 16.7. The predicted octanol–water partition coefficient (Wildman–Crippen LogP) is 4.14. The largest absolute Gasteiger partial charge is 0.364 e. The van der Waals surface area contributed by atoms with Gasteiger partial charge in [-0.25, -0.2) is 0 Å². The van der Waals surface area contributed by atoms with Gasteiger partial charge in [0.2, 0.25) is 0 Å². The molecule has 1 saturated heterocycles. The van der Waals surface area contributed by atoms with Crippen LogP contribution in [0.4, 0.5) is 5.82 Å². The van der Waals surface area contributed by atoms with E-state index in [2.05, 4.69) is 38.6 Å². The fraction of sp³-hybridized carbons (Fsp3) is 0.500. The molecule has 1 aliphatic carbocycles. The second kappa shape index (κ2) is 9.01. The van der Waals surface area contributed by atoms with Gasteiger partial charge in [0, 0.05) is 43.8 Å². The minimum Gasteiger partial charge on any atom is -0.364 e. The normalized spacial score (nSPS) is 22.8. The van der Waals surface area contributed by atoms with Crippen molar-refractivity contribution in [2.24, 2.45) is 11.7 Å². The fourth-order valence-electron chi connectivity index (χ4n) is 5.28. The van der Waals surface area contributed by atoms with Crippen molar-refractivity contribution >= 4 is 33.3 Å². The summed E-state index contributed by atoms with van der Waals surface area (Å²) in [6, 6.07) is 12.7. The highest BCUT2D eigenvalue weighted by Gasteiger charge is 2.26. The van der Waals surface area contributed by atoms with E-state index in [1.807, 2.05) is 18.3 Å². The van der Waals surface area contributed by atoms with Gasteiger partial charge in [-0.2, -0.15) is 4.37 Å². The van der Waals surface area contributed by atoms with Gasteiger partial charge >= 0.3 is 0 Å². The molecular formula is C24H31N5OS. The number of fused-ring (bicyclic) bond motifs is 1. The standard InChI is InChI=1S/C24H31N5OS/c25-23(30)21-5-3-12-29(21)19-9-7-18(8-10-19)11-13-27-14-16-28(17-15-27)24-20-4-1-2-6-22(20)31-26-24/h1-6,12,18-19H,7-11,13-17H2,(H2,25,30). The molecule has 2 aliphatic rings.